The summed E-state index contributed by atoms with van der Waals surface area (Å²) in [4.78, 5) is 35.2. The number of nitrogens with one attached hydrogen (secondary N) is 1. The third-order valence-corrected chi connectivity index (χ3v) is 5.27. The third kappa shape index (κ3) is 2.97. The first-order valence-corrected chi connectivity index (χ1v) is 9.39. The number of thiazole rings is 1. The minimum Gasteiger partial charge on any atom is -0.337 e. The smallest absolute Gasteiger partial charge is 0.273 e. The van der Waals surface area contributed by atoms with E-state index in [4.69, 9.17) is 0 Å². The van der Waals surface area contributed by atoms with E-state index in [1.165, 1.54) is 15.9 Å². The van der Waals surface area contributed by atoms with Gasteiger partial charge in [0.25, 0.3) is 11.5 Å². The van der Waals surface area contributed by atoms with Crippen LogP contribution in [0.5, 0.6) is 0 Å². The molecule has 130 valence electrons. The summed E-state index contributed by atoms with van der Waals surface area (Å²) >= 11 is 1.43. The molecule has 0 unspecified atom stereocenters. The molecule has 0 saturated carbocycles. The maximum atomic E-state index is 12.5. The van der Waals surface area contributed by atoms with E-state index in [0.29, 0.717) is 17.9 Å². The van der Waals surface area contributed by atoms with Gasteiger partial charge in [-0.1, -0.05) is 6.92 Å². The van der Waals surface area contributed by atoms with Gasteiger partial charge in [0.05, 0.1) is 5.51 Å². The number of nitrogens with zero attached hydrogens (tertiary/aromatic N) is 4. The minimum atomic E-state index is -0.0979. The number of fused-ring (bicyclic) bond motifs is 1. The van der Waals surface area contributed by atoms with Gasteiger partial charge < -0.3 is 4.90 Å². The van der Waals surface area contributed by atoms with Crippen molar-refractivity contribution in [3.63, 3.8) is 0 Å². The largest absolute Gasteiger partial charge is 0.337 e. The first kappa shape index (κ1) is 16.0. The highest BCUT2D eigenvalue weighted by atomic mass is 32.1. The monoisotopic (exact) mass is 357 g/mol. The zero-order valence-electron chi connectivity index (χ0n) is 13.9. The van der Waals surface area contributed by atoms with Crippen LogP contribution in [0.15, 0.2) is 27.8 Å². The van der Waals surface area contributed by atoms with E-state index in [-0.39, 0.29) is 17.4 Å². The lowest BCUT2D eigenvalue weighted by molar-refractivity contribution is 0.0700. The van der Waals surface area contributed by atoms with Crippen LogP contribution >= 0.6 is 11.3 Å². The third-order valence-electron chi connectivity index (χ3n) is 4.69. The normalized spacial score (nSPS) is 18.0. The van der Waals surface area contributed by atoms with Crippen molar-refractivity contribution >= 4 is 22.9 Å². The van der Waals surface area contributed by atoms with Gasteiger partial charge in [-0.05, 0) is 19.3 Å². The number of hydrogen-bond donors (Lipinski definition) is 1. The molecule has 0 aliphatic carbocycles. The van der Waals surface area contributed by atoms with E-state index in [9.17, 15) is 9.59 Å². The maximum absolute atomic E-state index is 12.5. The fourth-order valence-electron chi connectivity index (χ4n) is 3.34. The minimum absolute atomic E-state index is 0.0226. The molecule has 0 spiro atoms. The van der Waals surface area contributed by atoms with E-state index in [1.54, 1.807) is 17.0 Å². The van der Waals surface area contributed by atoms with Crippen LogP contribution in [0.3, 0.4) is 0 Å². The molecular weight excluding hydrogens is 338 g/mol. The molecule has 25 heavy (non-hydrogen) atoms. The SMILES string of the molecule is CCc1cc(=O)n2[nH]c([C@@H]3CCCN(C(=O)c4cscn4)C3)cc2n1. The van der Waals surface area contributed by atoms with Crippen LogP contribution in [0.2, 0.25) is 0 Å². The average Bonchev–Trinajstić information content (AvgIpc) is 3.31. The van der Waals surface area contributed by atoms with Gasteiger partial charge in [0.15, 0.2) is 5.65 Å². The summed E-state index contributed by atoms with van der Waals surface area (Å²) in [6.07, 6.45) is 2.63. The number of likely N-dealkylation sites (tertiary alicyclic amines) is 1. The summed E-state index contributed by atoms with van der Waals surface area (Å²) in [6.45, 7) is 3.35. The first-order chi connectivity index (χ1) is 12.2. The molecule has 1 saturated heterocycles. The molecule has 0 radical (unpaired) electrons. The van der Waals surface area contributed by atoms with Gasteiger partial charge in [-0.25, -0.2) is 14.5 Å². The van der Waals surface area contributed by atoms with Crippen molar-refractivity contribution in [2.75, 3.05) is 13.1 Å². The second kappa shape index (κ2) is 6.44. The molecule has 1 aliphatic rings. The van der Waals surface area contributed by atoms with Crippen LogP contribution in [-0.4, -0.2) is 43.5 Å². The van der Waals surface area contributed by atoms with E-state index in [0.717, 1.165) is 37.2 Å². The second-order valence-electron chi connectivity index (χ2n) is 6.31. The Hall–Kier alpha value is -2.48. The van der Waals surface area contributed by atoms with Crippen molar-refractivity contribution in [3.05, 3.63) is 50.5 Å². The lowest BCUT2D eigenvalue weighted by Gasteiger charge is -2.31. The highest BCUT2D eigenvalue weighted by molar-refractivity contribution is 7.07. The Labute approximate surface area is 148 Å². The molecule has 1 N–H and O–H groups in total. The summed E-state index contributed by atoms with van der Waals surface area (Å²) in [5.74, 6) is 0.146. The van der Waals surface area contributed by atoms with E-state index in [1.807, 2.05) is 17.9 Å². The molecule has 1 fully saturated rings. The topological polar surface area (TPSA) is 83.4 Å². The van der Waals surface area contributed by atoms with Gasteiger partial charge in [0.2, 0.25) is 0 Å². The fourth-order valence-corrected chi connectivity index (χ4v) is 3.87. The number of piperidine rings is 1. The highest BCUT2D eigenvalue weighted by Gasteiger charge is 2.27. The number of aryl methyl sites for hydroxylation is 1. The van der Waals surface area contributed by atoms with Gasteiger partial charge in [0.1, 0.15) is 5.69 Å². The van der Waals surface area contributed by atoms with Crippen LogP contribution in [0, 0.1) is 0 Å². The summed E-state index contributed by atoms with van der Waals surface area (Å²) in [5, 5.41) is 4.95. The van der Waals surface area contributed by atoms with Crippen molar-refractivity contribution < 1.29 is 4.79 Å². The maximum Gasteiger partial charge on any atom is 0.273 e. The number of aromatic nitrogens is 4. The lowest BCUT2D eigenvalue weighted by atomic mass is 9.94. The molecule has 1 aliphatic heterocycles. The summed E-state index contributed by atoms with van der Waals surface area (Å²) in [5.41, 5.74) is 4.47. The Kier molecular flexibility index (Phi) is 4.12. The number of carbonyl (C=O) groups is 1. The number of hydrogen-bond acceptors (Lipinski definition) is 5. The molecule has 0 bridgehead atoms. The molecule has 0 aromatic carbocycles. The number of aromatic amines is 1. The van der Waals surface area contributed by atoms with Crippen LogP contribution in [-0.2, 0) is 6.42 Å². The number of rotatable bonds is 3. The molecule has 4 heterocycles. The van der Waals surface area contributed by atoms with Gasteiger partial charge in [-0.15, -0.1) is 11.3 Å². The first-order valence-electron chi connectivity index (χ1n) is 8.44. The lowest BCUT2D eigenvalue weighted by Crippen LogP contribution is -2.39. The Balaban J connectivity index is 1.61. The summed E-state index contributed by atoms with van der Waals surface area (Å²) in [6, 6.07) is 3.49. The number of H-pyrrole nitrogens is 1. The predicted octanol–water partition coefficient (Wildman–Crippen LogP) is 2.06. The average molecular weight is 357 g/mol. The van der Waals surface area contributed by atoms with E-state index < -0.39 is 0 Å². The van der Waals surface area contributed by atoms with Crippen molar-refractivity contribution in [3.8, 4) is 0 Å². The van der Waals surface area contributed by atoms with Gasteiger partial charge in [-0.3, -0.25) is 14.7 Å². The molecule has 3 aromatic heterocycles. The van der Waals surface area contributed by atoms with Gasteiger partial charge in [0, 0.05) is 47.9 Å². The van der Waals surface area contributed by atoms with E-state index >= 15 is 0 Å². The molecule has 3 aromatic rings. The fraction of sp³-hybridized carbons (Fsp3) is 0.412. The molecule has 7 nitrogen and oxygen atoms in total. The summed E-state index contributed by atoms with van der Waals surface area (Å²) < 4.78 is 1.48. The Morgan fingerprint density at radius 2 is 2.32 bits per heavy atom. The molecule has 1 atom stereocenters. The van der Waals surface area contributed by atoms with Crippen LogP contribution in [0.4, 0.5) is 0 Å². The van der Waals surface area contributed by atoms with Crippen molar-refractivity contribution in [2.45, 2.75) is 32.1 Å². The predicted molar refractivity (Wildman–Crippen MR) is 95.2 cm³/mol. The van der Waals surface area contributed by atoms with Crippen LogP contribution < -0.4 is 5.56 Å². The second-order valence-corrected chi connectivity index (χ2v) is 7.03. The zero-order valence-corrected chi connectivity index (χ0v) is 14.8. The molecular formula is C17H19N5O2S. The van der Waals surface area contributed by atoms with Crippen molar-refractivity contribution in [1.29, 1.82) is 0 Å². The van der Waals surface area contributed by atoms with Crippen molar-refractivity contribution in [1.82, 2.24) is 24.5 Å². The van der Waals surface area contributed by atoms with Gasteiger partial charge >= 0.3 is 0 Å². The summed E-state index contributed by atoms with van der Waals surface area (Å²) in [7, 11) is 0. The number of carbonyl (C=O) groups excluding carboxylic acids is 1. The van der Waals surface area contributed by atoms with E-state index in [2.05, 4.69) is 15.1 Å². The van der Waals surface area contributed by atoms with Crippen LogP contribution in [0.25, 0.3) is 5.65 Å². The Bertz CT molecular complexity index is 959. The highest BCUT2D eigenvalue weighted by Crippen LogP contribution is 2.27. The standard InChI is InChI=1S/C17H19N5O2S/c1-2-12-6-16(23)22-15(19-12)7-13(20-22)11-4-3-5-21(8-11)17(24)14-9-25-10-18-14/h6-7,9-11,20H,2-5,8H2,1H3/t11-/m1/s1. The number of amides is 1. The molecule has 1 amide bonds. The quantitative estimate of drug-likeness (QED) is 0.778. The van der Waals surface area contributed by atoms with Crippen LogP contribution in [0.1, 0.15) is 47.6 Å². The Morgan fingerprint density at radius 1 is 1.44 bits per heavy atom. The van der Waals surface area contributed by atoms with Gasteiger partial charge in [-0.2, -0.15) is 0 Å². The molecule has 8 heteroatoms. The molecule has 4 rings (SSSR count). The Morgan fingerprint density at radius 3 is 3.08 bits per heavy atom. The van der Waals surface area contributed by atoms with Crippen molar-refractivity contribution in [2.24, 2.45) is 0 Å². The zero-order chi connectivity index (χ0) is 17.4.